The molecule has 1 N–H and O–H groups in total. The van der Waals surface area contributed by atoms with E-state index in [2.05, 4.69) is 21.5 Å². The number of benzene rings is 2. The maximum Gasteiger partial charge on any atom is 0.276 e. The van der Waals surface area contributed by atoms with Gasteiger partial charge in [0, 0.05) is 40.0 Å². The summed E-state index contributed by atoms with van der Waals surface area (Å²) in [6.45, 7) is 0. The maximum absolute atomic E-state index is 13.3. The number of anilines is 1. The first kappa shape index (κ1) is 20.5. The van der Waals surface area contributed by atoms with Gasteiger partial charge in [-0.2, -0.15) is 5.10 Å². The van der Waals surface area contributed by atoms with E-state index in [0.717, 1.165) is 52.5 Å². The van der Waals surface area contributed by atoms with Gasteiger partial charge in [0.1, 0.15) is 5.82 Å². The number of fused-ring (bicyclic) bond motifs is 1. The Balaban J connectivity index is 1.30. The quantitative estimate of drug-likeness (QED) is 0.402. The SMILES string of the molecule is O=C(Nc1ccc(SCc2cccnc2)cc1)c1nn(-c2ccc(F)cc2)c2c1CCC2. The highest BCUT2D eigenvalue weighted by molar-refractivity contribution is 7.98. The highest BCUT2D eigenvalue weighted by atomic mass is 32.2. The number of nitrogens with one attached hydrogen (secondary N) is 1. The van der Waals surface area contributed by atoms with Crippen molar-refractivity contribution in [3.8, 4) is 5.69 Å². The molecule has 0 spiro atoms. The van der Waals surface area contributed by atoms with Crippen LogP contribution in [0.1, 0.15) is 33.7 Å². The average molecular weight is 445 g/mol. The lowest BCUT2D eigenvalue weighted by Crippen LogP contribution is -2.15. The molecule has 160 valence electrons. The van der Waals surface area contributed by atoms with Crippen molar-refractivity contribution in [2.75, 3.05) is 5.32 Å². The van der Waals surface area contributed by atoms with Crippen LogP contribution in [0.25, 0.3) is 5.69 Å². The Bertz CT molecular complexity index is 1240. The molecule has 0 fully saturated rings. The summed E-state index contributed by atoms with van der Waals surface area (Å²) in [5.41, 5.74) is 5.11. The molecule has 0 aliphatic heterocycles. The van der Waals surface area contributed by atoms with Crippen LogP contribution in [-0.2, 0) is 18.6 Å². The lowest BCUT2D eigenvalue weighted by atomic mass is 10.2. The number of hydrogen-bond acceptors (Lipinski definition) is 4. The molecule has 0 unspecified atom stereocenters. The predicted molar refractivity (Wildman–Crippen MR) is 124 cm³/mol. The van der Waals surface area contributed by atoms with Crippen molar-refractivity contribution in [2.24, 2.45) is 0 Å². The number of pyridine rings is 1. The van der Waals surface area contributed by atoms with Crippen molar-refractivity contribution in [1.82, 2.24) is 14.8 Å². The number of rotatable bonds is 6. The summed E-state index contributed by atoms with van der Waals surface area (Å²) in [7, 11) is 0. The molecular weight excluding hydrogens is 423 g/mol. The van der Waals surface area contributed by atoms with Crippen molar-refractivity contribution in [2.45, 2.75) is 29.9 Å². The van der Waals surface area contributed by atoms with E-state index in [1.54, 1.807) is 34.8 Å². The average Bonchev–Trinajstić information content (AvgIpc) is 3.43. The van der Waals surface area contributed by atoms with Gasteiger partial charge in [0.25, 0.3) is 5.91 Å². The molecule has 1 aliphatic rings. The van der Waals surface area contributed by atoms with Crippen LogP contribution in [0.2, 0.25) is 0 Å². The number of hydrogen-bond donors (Lipinski definition) is 1. The second-order valence-corrected chi connectivity index (χ2v) is 8.69. The topological polar surface area (TPSA) is 59.8 Å². The summed E-state index contributed by atoms with van der Waals surface area (Å²) >= 11 is 1.72. The van der Waals surface area contributed by atoms with Gasteiger partial charge >= 0.3 is 0 Å². The monoisotopic (exact) mass is 444 g/mol. The molecule has 1 aliphatic carbocycles. The van der Waals surface area contributed by atoms with E-state index in [9.17, 15) is 9.18 Å². The first-order valence-corrected chi connectivity index (χ1v) is 11.5. The molecule has 0 atom stereocenters. The number of aromatic nitrogens is 3. The molecule has 2 aromatic carbocycles. The molecular formula is C25H21FN4OS. The molecule has 5 nitrogen and oxygen atoms in total. The smallest absolute Gasteiger partial charge is 0.276 e. The van der Waals surface area contributed by atoms with Gasteiger partial charge in [-0.3, -0.25) is 9.78 Å². The highest BCUT2D eigenvalue weighted by Crippen LogP contribution is 2.29. The molecule has 5 rings (SSSR count). The Morgan fingerprint density at radius 3 is 2.62 bits per heavy atom. The minimum absolute atomic E-state index is 0.222. The van der Waals surface area contributed by atoms with E-state index in [1.807, 2.05) is 36.5 Å². The van der Waals surface area contributed by atoms with E-state index in [1.165, 1.54) is 17.7 Å². The Hall–Kier alpha value is -3.45. The molecule has 2 aromatic heterocycles. The van der Waals surface area contributed by atoms with Gasteiger partial charge in [-0.25, -0.2) is 9.07 Å². The van der Waals surface area contributed by atoms with Crippen LogP contribution in [0.15, 0.2) is 78.0 Å². The summed E-state index contributed by atoms with van der Waals surface area (Å²) in [4.78, 5) is 18.3. The van der Waals surface area contributed by atoms with Crippen LogP contribution in [0.4, 0.5) is 10.1 Å². The fourth-order valence-electron chi connectivity index (χ4n) is 3.89. The fourth-order valence-corrected chi connectivity index (χ4v) is 4.72. The first-order valence-electron chi connectivity index (χ1n) is 10.5. The zero-order valence-electron chi connectivity index (χ0n) is 17.3. The number of carbonyl (C=O) groups is 1. The largest absolute Gasteiger partial charge is 0.321 e. The van der Waals surface area contributed by atoms with Crippen LogP contribution < -0.4 is 5.32 Å². The lowest BCUT2D eigenvalue weighted by Gasteiger charge is -2.07. The minimum Gasteiger partial charge on any atom is -0.321 e. The van der Waals surface area contributed by atoms with Crippen LogP contribution in [-0.4, -0.2) is 20.7 Å². The minimum atomic E-state index is -0.294. The van der Waals surface area contributed by atoms with Gasteiger partial charge in [-0.15, -0.1) is 11.8 Å². The molecule has 32 heavy (non-hydrogen) atoms. The van der Waals surface area contributed by atoms with Crippen molar-refractivity contribution in [3.63, 3.8) is 0 Å². The van der Waals surface area contributed by atoms with E-state index < -0.39 is 0 Å². The van der Waals surface area contributed by atoms with Gasteiger partial charge in [0.15, 0.2) is 5.69 Å². The summed E-state index contributed by atoms with van der Waals surface area (Å²) in [6, 6.07) is 18.0. The number of halogens is 1. The standard InChI is InChI=1S/C25H21FN4OS/c26-18-6-10-20(11-7-18)30-23-5-1-4-22(23)24(29-30)25(31)28-19-8-12-21(13-9-19)32-16-17-3-2-14-27-15-17/h2-3,6-15H,1,4-5,16H2,(H,28,31). The molecule has 0 radical (unpaired) electrons. The van der Waals surface area contributed by atoms with Gasteiger partial charge in [-0.05, 0) is 79.4 Å². The molecule has 0 saturated carbocycles. The van der Waals surface area contributed by atoms with Crippen molar-refractivity contribution < 1.29 is 9.18 Å². The molecule has 7 heteroatoms. The molecule has 4 aromatic rings. The number of nitrogens with zero attached hydrogens (tertiary/aromatic N) is 3. The Kier molecular flexibility index (Phi) is 5.73. The normalized spacial score (nSPS) is 12.5. The number of amides is 1. The van der Waals surface area contributed by atoms with Crippen LogP contribution >= 0.6 is 11.8 Å². The Morgan fingerprint density at radius 1 is 1.06 bits per heavy atom. The van der Waals surface area contributed by atoms with Gasteiger partial charge in [0.05, 0.1) is 5.69 Å². The lowest BCUT2D eigenvalue weighted by molar-refractivity contribution is 0.102. The summed E-state index contributed by atoms with van der Waals surface area (Å²) in [5, 5.41) is 7.55. The second-order valence-electron chi connectivity index (χ2n) is 7.64. The van der Waals surface area contributed by atoms with Crippen molar-refractivity contribution in [1.29, 1.82) is 0 Å². The van der Waals surface area contributed by atoms with Crippen LogP contribution in [0, 0.1) is 5.82 Å². The third-order valence-electron chi connectivity index (χ3n) is 5.46. The second kappa shape index (κ2) is 8.96. The van der Waals surface area contributed by atoms with E-state index in [4.69, 9.17) is 0 Å². The van der Waals surface area contributed by atoms with Gasteiger partial charge in [0.2, 0.25) is 0 Å². The van der Waals surface area contributed by atoms with Gasteiger partial charge in [-0.1, -0.05) is 6.07 Å². The molecule has 0 saturated heterocycles. The zero-order valence-corrected chi connectivity index (χ0v) is 18.1. The third kappa shape index (κ3) is 4.29. The summed E-state index contributed by atoms with van der Waals surface area (Å²) in [6.07, 6.45) is 6.30. The van der Waals surface area contributed by atoms with E-state index in [-0.39, 0.29) is 11.7 Å². The Labute approximate surface area is 189 Å². The molecule has 2 heterocycles. The Morgan fingerprint density at radius 2 is 1.88 bits per heavy atom. The van der Waals surface area contributed by atoms with Crippen LogP contribution in [0.5, 0.6) is 0 Å². The van der Waals surface area contributed by atoms with E-state index >= 15 is 0 Å². The van der Waals surface area contributed by atoms with Crippen LogP contribution in [0.3, 0.4) is 0 Å². The molecule has 0 bridgehead atoms. The fraction of sp³-hybridized carbons (Fsp3) is 0.160. The highest BCUT2D eigenvalue weighted by Gasteiger charge is 2.27. The first-order chi connectivity index (χ1) is 15.7. The number of carbonyl (C=O) groups excluding carboxylic acids is 1. The van der Waals surface area contributed by atoms with Crippen molar-refractivity contribution >= 4 is 23.4 Å². The summed E-state index contributed by atoms with van der Waals surface area (Å²) in [5.74, 6) is 0.323. The zero-order chi connectivity index (χ0) is 21.9. The van der Waals surface area contributed by atoms with Crippen molar-refractivity contribution in [3.05, 3.63) is 101 Å². The predicted octanol–water partition coefficient (Wildman–Crippen LogP) is 5.44. The van der Waals surface area contributed by atoms with E-state index in [0.29, 0.717) is 5.69 Å². The number of thioether (sulfide) groups is 1. The third-order valence-corrected chi connectivity index (χ3v) is 6.54. The maximum atomic E-state index is 13.3. The van der Waals surface area contributed by atoms with Gasteiger partial charge < -0.3 is 5.32 Å². The molecule has 1 amide bonds. The summed E-state index contributed by atoms with van der Waals surface area (Å²) < 4.78 is 15.1.